The number of methoxy groups -OCH3 is 1. The lowest BCUT2D eigenvalue weighted by molar-refractivity contribution is -0.119. The first-order valence-electron chi connectivity index (χ1n) is 10.2. The largest absolute Gasteiger partial charge is 0.497 e. The zero-order valence-electron chi connectivity index (χ0n) is 17.2. The zero-order valence-corrected chi connectivity index (χ0v) is 17.9. The van der Waals surface area contributed by atoms with Crippen molar-refractivity contribution in [2.45, 2.75) is 38.6 Å². The molecule has 1 aliphatic rings. The Morgan fingerprint density at radius 3 is 2.53 bits per heavy atom. The maximum atomic E-state index is 13.2. The van der Waals surface area contributed by atoms with E-state index >= 15 is 0 Å². The van der Waals surface area contributed by atoms with E-state index in [9.17, 15) is 4.79 Å². The summed E-state index contributed by atoms with van der Waals surface area (Å²) < 4.78 is 11.1. The Kier molecular flexibility index (Phi) is 6.09. The van der Waals surface area contributed by atoms with Crippen molar-refractivity contribution >= 4 is 23.2 Å². The van der Waals surface area contributed by atoms with Gasteiger partial charge in [-0.3, -0.25) is 4.79 Å². The lowest BCUT2D eigenvalue weighted by Crippen LogP contribution is -2.40. The predicted molar refractivity (Wildman–Crippen MR) is 118 cm³/mol. The molecule has 0 aliphatic heterocycles. The molecule has 156 valence electrons. The minimum atomic E-state index is 0.0748. The minimum Gasteiger partial charge on any atom is -0.497 e. The SMILES string of the molecule is COc1ccc(N(C(=O)CCc2ncc(-c3ccc(Cl)cc3)o2)C(C)C2CC2)cc1. The van der Waals surface area contributed by atoms with E-state index < -0.39 is 0 Å². The molecule has 5 nitrogen and oxygen atoms in total. The van der Waals surface area contributed by atoms with E-state index in [1.165, 1.54) is 12.8 Å². The second-order valence-electron chi connectivity index (χ2n) is 7.66. The van der Waals surface area contributed by atoms with Gasteiger partial charge in [-0.25, -0.2) is 4.98 Å². The van der Waals surface area contributed by atoms with Crippen molar-refractivity contribution < 1.29 is 13.9 Å². The van der Waals surface area contributed by atoms with E-state index in [0.717, 1.165) is 17.0 Å². The molecule has 1 fully saturated rings. The fourth-order valence-electron chi connectivity index (χ4n) is 3.65. The Morgan fingerprint density at radius 1 is 1.20 bits per heavy atom. The molecule has 1 saturated carbocycles. The number of anilines is 1. The lowest BCUT2D eigenvalue weighted by atomic mass is 10.1. The third-order valence-electron chi connectivity index (χ3n) is 5.57. The number of aryl methyl sites for hydroxylation is 1. The summed E-state index contributed by atoms with van der Waals surface area (Å²) in [7, 11) is 1.64. The van der Waals surface area contributed by atoms with Crippen LogP contribution >= 0.6 is 11.6 Å². The molecule has 1 amide bonds. The molecule has 1 atom stereocenters. The van der Waals surface area contributed by atoms with Crippen LogP contribution in [0.1, 0.15) is 32.1 Å². The summed E-state index contributed by atoms with van der Waals surface area (Å²) >= 11 is 5.94. The molecule has 2 aromatic carbocycles. The van der Waals surface area contributed by atoms with E-state index in [2.05, 4.69) is 11.9 Å². The molecule has 30 heavy (non-hydrogen) atoms. The van der Waals surface area contributed by atoms with Crippen molar-refractivity contribution in [3.05, 3.63) is 65.6 Å². The maximum Gasteiger partial charge on any atom is 0.227 e. The number of hydrogen-bond acceptors (Lipinski definition) is 4. The molecule has 1 unspecified atom stereocenters. The van der Waals surface area contributed by atoms with Gasteiger partial charge in [0.1, 0.15) is 5.75 Å². The standard InChI is InChI=1S/C24H25ClN2O3/c1-16(17-3-4-17)27(20-9-11-21(29-2)12-10-20)24(28)14-13-23-26-15-22(30-23)18-5-7-19(25)8-6-18/h5-12,15-17H,3-4,13-14H2,1-2H3. The first kappa shape index (κ1) is 20.5. The second-order valence-corrected chi connectivity index (χ2v) is 8.10. The number of oxazole rings is 1. The number of hydrogen-bond donors (Lipinski definition) is 0. The fraction of sp³-hybridized carbons (Fsp3) is 0.333. The highest BCUT2D eigenvalue weighted by Crippen LogP contribution is 2.37. The summed E-state index contributed by atoms with van der Waals surface area (Å²) in [5.41, 5.74) is 1.81. The van der Waals surface area contributed by atoms with E-state index in [1.807, 2.05) is 53.4 Å². The average molecular weight is 425 g/mol. The van der Waals surface area contributed by atoms with E-state index in [1.54, 1.807) is 13.3 Å². The van der Waals surface area contributed by atoms with E-state index in [4.69, 9.17) is 20.8 Å². The molecule has 0 bridgehead atoms. The van der Waals surface area contributed by atoms with E-state index in [-0.39, 0.29) is 11.9 Å². The van der Waals surface area contributed by atoms with Crippen molar-refractivity contribution in [2.75, 3.05) is 12.0 Å². The van der Waals surface area contributed by atoms with Crippen molar-refractivity contribution in [1.82, 2.24) is 4.98 Å². The van der Waals surface area contributed by atoms with Gasteiger partial charge in [-0.2, -0.15) is 0 Å². The molecule has 4 rings (SSSR count). The smallest absolute Gasteiger partial charge is 0.227 e. The quantitative estimate of drug-likeness (QED) is 0.460. The first-order valence-corrected chi connectivity index (χ1v) is 10.6. The topological polar surface area (TPSA) is 55.6 Å². The summed E-state index contributed by atoms with van der Waals surface area (Å²) in [6.45, 7) is 2.13. The van der Waals surface area contributed by atoms with Crippen LogP contribution in [0.5, 0.6) is 5.75 Å². The van der Waals surface area contributed by atoms with Gasteiger partial charge in [0.05, 0.1) is 13.3 Å². The highest BCUT2D eigenvalue weighted by atomic mass is 35.5. The number of halogens is 1. The van der Waals surface area contributed by atoms with Gasteiger partial charge in [-0.05, 0) is 74.2 Å². The maximum absolute atomic E-state index is 13.2. The zero-order chi connectivity index (χ0) is 21.1. The number of amides is 1. The van der Waals surface area contributed by atoms with Crippen LogP contribution in [0.15, 0.2) is 59.1 Å². The van der Waals surface area contributed by atoms with Gasteiger partial charge in [0.2, 0.25) is 5.91 Å². The number of nitrogens with zero attached hydrogens (tertiary/aromatic N) is 2. The lowest BCUT2D eigenvalue weighted by Gasteiger charge is -2.29. The molecular weight excluding hydrogens is 400 g/mol. The fourth-order valence-corrected chi connectivity index (χ4v) is 3.77. The van der Waals surface area contributed by atoms with Crippen LogP contribution in [-0.4, -0.2) is 24.0 Å². The van der Waals surface area contributed by atoms with Crippen molar-refractivity contribution in [1.29, 1.82) is 0 Å². The number of carbonyl (C=O) groups is 1. The Bertz CT molecular complexity index is 994. The average Bonchev–Trinajstić information content (AvgIpc) is 3.51. The molecule has 0 radical (unpaired) electrons. The summed E-state index contributed by atoms with van der Waals surface area (Å²) in [6.07, 6.45) is 4.83. The molecule has 3 aromatic rings. The Hall–Kier alpha value is -2.79. The second kappa shape index (κ2) is 8.92. The molecule has 1 aliphatic carbocycles. The van der Waals surface area contributed by atoms with Gasteiger partial charge in [0, 0.05) is 35.2 Å². The van der Waals surface area contributed by atoms with Crippen LogP contribution in [0.25, 0.3) is 11.3 Å². The molecule has 0 saturated heterocycles. The van der Waals surface area contributed by atoms with Crippen LogP contribution in [0.2, 0.25) is 5.02 Å². The van der Waals surface area contributed by atoms with Crippen molar-refractivity contribution in [3.8, 4) is 17.1 Å². The normalized spacial score (nSPS) is 14.4. The van der Waals surface area contributed by atoms with Gasteiger partial charge in [0.25, 0.3) is 0 Å². The Balaban J connectivity index is 1.45. The highest BCUT2D eigenvalue weighted by Gasteiger charge is 2.35. The summed E-state index contributed by atoms with van der Waals surface area (Å²) in [5, 5.41) is 0.674. The number of ether oxygens (including phenoxy) is 1. The molecule has 0 spiro atoms. The third-order valence-corrected chi connectivity index (χ3v) is 5.82. The first-order chi connectivity index (χ1) is 14.5. The minimum absolute atomic E-state index is 0.0748. The van der Waals surface area contributed by atoms with Crippen molar-refractivity contribution in [2.24, 2.45) is 5.92 Å². The van der Waals surface area contributed by atoms with Crippen LogP contribution in [0.4, 0.5) is 5.69 Å². The van der Waals surface area contributed by atoms with Crippen LogP contribution in [0, 0.1) is 5.92 Å². The molecule has 6 heteroatoms. The molecule has 1 aromatic heterocycles. The van der Waals surface area contributed by atoms with Crippen LogP contribution in [-0.2, 0) is 11.2 Å². The number of carbonyl (C=O) groups excluding carboxylic acids is 1. The number of aromatic nitrogens is 1. The van der Waals surface area contributed by atoms with Crippen molar-refractivity contribution in [3.63, 3.8) is 0 Å². The monoisotopic (exact) mass is 424 g/mol. The third kappa shape index (κ3) is 4.68. The van der Waals surface area contributed by atoms with Gasteiger partial charge < -0.3 is 14.1 Å². The van der Waals surface area contributed by atoms with E-state index in [0.29, 0.717) is 35.4 Å². The Labute approximate surface area is 181 Å². The predicted octanol–water partition coefficient (Wildman–Crippen LogP) is 5.77. The molecule has 0 N–H and O–H groups in total. The number of benzene rings is 2. The molecular formula is C24H25ClN2O3. The summed E-state index contributed by atoms with van der Waals surface area (Å²) in [6, 6.07) is 15.2. The van der Waals surface area contributed by atoms with Gasteiger partial charge in [-0.1, -0.05) is 11.6 Å². The summed E-state index contributed by atoms with van der Waals surface area (Å²) in [4.78, 5) is 19.4. The van der Waals surface area contributed by atoms with Gasteiger partial charge >= 0.3 is 0 Å². The van der Waals surface area contributed by atoms with Crippen LogP contribution < -0.4 is 9.64 Å². The van der Waals surface area contributed by atoms with Gasteiger partial charge in [-0.15, -0.1) is 0 Å². The summed E-state index contributed by atoms with van der Waals surface area (Å²) in [5.74, 6) is 2.65. The molecule has 1 heterocycles. The Morgan fingerprint density at radius 2 is 1.90 bits per heavy atom. The highest BCUT2D eigenvalue weighted by molar-refractivity contribution is 6.30. The number of rotatable bonds is 8. The van der Waals surface area contributed by atoms with Gasteiger partial charge in [0.15, 0.2) is 11.7 Å². The van der Waals surface area contributed by atoms with Crippen LogP contribution in [0.3, 0.4) is 0 Å².